The molecule has 0 aliphatic rings. The number of rotatable bonds is 3. The molecule has 0 spiro atoms. The molecule has 2 rings (SSSR count). The molecule has 3 N–H and O–H groups in total. The summed E-state index contributed by atoms with van der Waals surface area (Å²) in [7, 11) is 1.49. The Morgan fingerprint density at radius 2 is 1.95 bits per heavy atom. The van der Waals surface area contributed by atoms with E-state index < -0.39 is 5.56 Å². The number of hydrogen-bond donors (Lipinski definition) is 2. The number of fused-ring (bicyclic) bond motifs is 1. The molecule has 19 heavy (non-hydrogen) atoms. The monoisotopic (exact) mass is 265 g/mol. The lowest BCUT2D eigenvalue weighted by atomic mass is 10.3. The van der Waals surface area contributed by atoms with Crippen LogP contribution in [0.2, 0.25) is 0 Å². The lowest BCUT2D eigenvalue weighted by Crippen LogP contribution is -2.31. The minimum absolute atomic E-state index is 0.0142. The van der Waals surface area contributed by atoms with Crippen LogP contribution in [0.15, 0.2) is 9.59 Å². The van der Waals surface area contributed by atoms with Crippen LogP contribution < -0.4 is 16.9 Å². The third kappa shape index (κ3) is 2.10. The number of anilines is 1. The van der Waals surface area contributed by atoms with E-state index in [1.807, 2.05) is 0 Å². The smallest absolute Gasteiger partial charge is 0.282 e. The molecule has 0 radical (unpaired) electrons. The summed E-state index contributed by atoms with van der Waals surface area (Å²) < 4.78 is 2.50. The van der Waals surface area contributed by atoms with Gasteiger partial charge < -0.3 is 10.8 Å². The fourth-order valence-electron chi connectivity index (χ4n) is 1.82. The zero-order valence-electron chi connectivity index (χ0n) is 10.8. The second-order valence-electron chi connectivity index (χ2n) is 4.24. The van der Waals surface area contributed by atoms with Crippen molar-refractivity contribution in [3.8, 4) is 0 Å². The molecule has 0 fully saturated rings. The van der Waals surface area contributed by atoms with Crippen molar-refractivity contribution in [2.75, 3.05) is 12.3 Å². The molecule has 0 aromatic carbocycles. The maximum absolute atomic E-state index is 12.1. The molecule has 2 aromatic heterocycles. The molecule has 0 bridgehead atoms. The zero-order chi connectivity index (χ0) is 14.2. The molecule has 0 unspecified atom stereocenters. The highest BCUT2D eigenvalue weighted by Gasteiger charge is 2.14. The van der Waals surface area contributed by atoms with E-state index in [0.717, 1.165) is 0 Å². The van der Waals surface area contributed by atoms with Crippen molar-refractivity contribution in [3.63, 3.8) is 0 Å². The van der Waals surface area contributed by atoms with Crippen LogP contribution in [0.4, 0.5) is 5.95 Å². The van der Waals surface area contributed by atoms with Gasteiger partial charge in [0.1, 0.15) is 5.69 Å². The first-order valence-corrected chi connectivity index (χ1v) is 5.82. The normalized spacial score (nSPS) is 11.1. The van der Waals surface area contributed by atoms with Gasteiger partial charge in [-0.05, 0) is 13.3 Å². The molecule has 0 amide bonds. The summed E-state index contributed by atoms with van der Waals surface area (Å²) in [6, 6.07) is 0. The van der Waals surface area contributed by atoms with E-state index in [9.17, 15) is 9.59 Å². The quantitative estimate of drug-likeness (QED) is 0.717. The van der Waals surface area contributed by atoms with E-state index in [1.165, 1.54) is 23.1 Å². The van der Waals surface area contributed by atoms with Crippen LogP contribution in [-0.4, -0.2) is 30.8 Å². The number of aliphatic hydroxyl groups excluding tert-OH is 1. The largest absolute Gasteiger partial charge is 0.396 e. The topological polar surface area (TPSA) is 116 Å². The highest BCUT2D eigenvalue weighted by Crippen LogP contribution is 2.06. The first kappa shape index (κ1) is 13.2. The number of aryl methyl sites for hydroxylation is 2. The number of nitrogens with zero attached hydrogens (tertiary/aromatic N) is 4. The highest BCUT2D eigenvalue weighted by molar-refractivity contribution is 5.70. The predicted octanol–water partition coefficient (Wildman–Crippen LogP) is -1.24. The summed E-state index contributed by atoms with van der Waals surface area (Å²) >= 11 is 0. The summed E-state index contributed by atoms with van der Waals surface area (Å²) in [6.45, 7) is 1.73. The van der Waals surface area contributed by atoms with Gasteiger partial charge in [-0.25, -0.2) is 4.98 Å². The lowest BCUT2D eigenvalue weighted by Gasteiger charge is -2.11. The van der Waals surface area contributed by atoms with E-state index in [4.69, 9.17) is 10.8 Å². The Bertz CT molecular complexity index is 747. The van der Waals surface area contributed by atoms with E-state index >= 15 is 0 Å². The standard InChI is InChI=1S/C11H15N5O3/c1-6-9(18)16(4-3-5-17)8-7(13-6)10(19)15(2)11(12)14-8/h17H,3-5H2,1-2H3,(H2,12,14). The van der Waals surface area contributed by atoms with E-state index in [2.05, 4.69) is 9.97 Å². The fraction of sp³-hybridized carbons (Fsp3) is 0.455. The number of nitrogens with two attached hydrogens (primary N) is 1. The SMILES string of the molecule is Cc1nc2c(=O)n(C)c(N)nc2n(CCCO)c1=O. The van der Waals surface area contributed by atoms with Crippen molar-refractivity contribution in [1.82, 2.24) is 19.1 Å². The van der Waals surface area contributed by atoms with Gasteiger partial charge in [-0.15, -0.1) is 0 Å². The average molecular weight is 265 g/mol. The minimum atomic E-state index is -0.400. The van der Waals surface area contributed by atoms with Gasteiger partial charge in [0.15, 0.2) is 11.2 Å². The Morgan fingerprint density at radius 3 is 2.58 bits per heavy atom. The molecular weight excluding hydrogens is 250 g/mol. The lowest BCUT2D eigenvalue weighted by molar-refractivity contribution is 0.279. The van der Waals surface area contributed by atoms with Crippen LogP contribution >= 0.6 is 0 Å². The van der Waals surface area contributed by atoms with E-state index in [-0.39, 0.29) is 41.5 Å². The van der Waals surface area contributed by atoms with Crippen molar-refractivity contribution in [3.05, 3.63) is 26.4 Å². The van der Waals surface area contributed by atoms with Crippen molar-refractivity contribution < 1.29 is 5.11 Å². The van der Waals surface area contributed by atoms with Gasteiger partial charge >= 0.3 is 0 Å². The van der Waals surface area contributed by atoms with Crippen LogP contribution in [0.1, 0.15) is 12.1 Å². The van der Waals surface area contributed by atoms with Gasteiger partial charge in [0, 0.05) is 20.2 Å². The van der Waals surface area contributed by atoms with Gasteiger partial charge in [-0.3, -0.25) is 18.7 Å². The van der Waals surface area contributed by atoms with Gasteiger partial charge in [-0.2, -0.15) is 4.98 Å². The fourth-order valence-corrected chi connectivity index (χ4v) is 1.82. The second-order valence-corrected chi connectivity index (χ2v) is 4.24. The number of aliphatic hydroxyl groups is 1. The zero-order valence-corrected chi connectivity index (χ0v) is 10.8. The Kier molecular flexibility index (Phi) is 3.34. The Hall–Kier alpha value is -2.22. The van der Waals surface area contributed by atoms with Gasteiger partial charge in [0.05, 0.1) is 0 Å². The van der Waals surface area contributed by atoms with Gasteiger partial charge in [0.2, 0.25) is 5.95 Å². The summed E-state index contributed by atoms with van der Waals surface area (Å²) in [5, 5.41) is 8.87. The minimum Gasteiger partial charge on any atom is -0.396 e. The van der Waals surface area contributed by atoms with Crippen molar-refractivity contribution in [2.45, 2.75) is 19.9 Å². The summed E-state index contributed by atoms with van der Waals surface area (Å²) in [5.74, 6) is 0.0142. The maximum atomic E-state index is 12.1. The van der Waals surface area contributed by atoms with Crippen LogP contribution in [0.3, 0.4) is 0 Å². The molecule has 102 valence electrons. The summed E-state index contributed by atoms with van der Waals surface area (Å²) in [4.78, 5) is 32.1. The van der Waals surface area contributed by atoms with Gasteiger partial charge in [-0.1, -0.05) is 0 Å². The maximum Gasteiger partial charge on any atom is 0.282 e. The highest BCUT2D eigenvalue weighted by atomic mass is 16.3. The van der Waals surface area contributed by atoms with Gasteiger partial charge in [0.25, 0.3) is 11.1 Å². The molecule has 8 heteroatoms. The van der Waals surface area contributed by atoms with Crippen LogP contribution in [0, 0.1) is 6.92 Å². The van der Waals surface area contributed by atoms with Crippen molar-refractivity contribution >= 4 is 17.1 Å². The first-order valence-electron chi connectivity index (χ1n) is 5.82. The number of hydrogen-bond acceptors (Lipinski definition) is 6. The Balaban J connectivity index is 2.89. The predicted molar refractivity (Wildman–Crippen MR) is 69.9 cm³/mol. The summed E-state index contributed by atoms with van der Waals surface area (Å²) in [6.07, 6.45) is 0.384. The molecular formula is C11H15N5O3. The molecule has 0 saturated heterocycles. The molecule has 0 aliphatic heterocycles. The number of nitrogen functional groups attached to an aromatic ring is 1. The van der Waals surface area contributed by atoms with E-state index in [0.29, 0.717) is 6.42 Å². The third-order valence-corrected chi connectivity index (χ3v) is 2.91. The molecule has 2 heterocycles. The van der Waals surface area contributed by atoms with E-state index in [1.54, 1.807) is 0 Å². The Morgan fingerprint density at radius 1 is 1.26 bits per heavy atom. The van der Waals surface area contributed by atoms with Crippen molar-refractivity contribution in [2.24, 2.45) is 7.05 Å². The van der Waals surface area contributed by atoms with Crippen LogP contribution in [0.5, 0.6) is 0 Å². The Labute approximate surface area is 108 Å². The molecule has 0 saturated carbocycles. The van der Waals surface area contributed by atoms with Crippen LogP contribution in [0.25, 0.3) is 11.2 Å². The summed E-state index contributed by atoms with van der Waals surface area (Å²) in [5.41, 5.74) is 5.38. The van der Waals surface area contributed by atoms with Crippen LogP contribution in [-0.2, 0) is 13.6 Å². The molecule has 0 atom stereocenters. The number of aromatic nitrogens is 4. The molecule has 8 nitrogen and oxygen atoms in total. The second kappa shape index (κ2) is 4.81. The third-order valence-electron chi connectivity index (χ3n) is 2.91. The molecule has 0 aliphatic carbocycles. The first-order chi connectivity index (χ1) is 8.97. The van der Waals surface area contributed by atoms with Crippen molar-refractivity contribution in [1.29, 1.82) is 0 Å². The molecule has 2 aromatic rings. The average Bonchev–Trinajstić information content (AvgIpc) is 2.39.